The van der Waals surface area contributed by atoms with Crippen LogP contribution in [0.15, 0.2) is 42.5 Å². The molecule has 0 aliphatic heterocycles. The van der Waals surface area contributed by atoms with Gasteiger partial charge in [0.15, 0.2) is 0 Å². The van der Waals surface area contributed by atoms with Crippen LogP contribution in [-0.4, -0.2) is 0 Å². The Labute approximate surface area is 116 Å². The third kappa shape index (κ3) is 1.40. The summed E-state index contributed by atoms with van der Waals surface area (Å²) >= 11 is 13.5. The topological polar surface area (TPSA) is 0 Å². The standard InChI is InChI=1S/C13H7Br2Cl/c14-13(15)11-4-2-1-3-9(11)10-6-5-8(16)7-12(10)13/h1-7H. The highest BCUT2D eigenvalue weighted by atomic mass is 79.9. The first kappa shape index (κ1) is 10.8. The Bertz CT molecular complexity index is 576. The predicted molar refractivity (Wildman–Crippen MR) is 75.5 cm³/mol. The highest BCUT2D eigenvalue weighted by Gasteiger charge is 2.38. The SMILES string of the molecule is Clc1ccc2c(c1)C(Br)(Br)c1ccccc1-2. The number of benzene rings is 2. The fraction of sp³-hybridized carbons (Fsp3) is 0.0769. The lowest BCUT2D eigenvalue weighted by atomic mass is 10.1. The number of hydrogen-bond donors (Lipinski definition) is 0. The smallest absolute Gasteiger partial charge is 0.0843 e. The Kier molecular flexibility index (Phi) is 2.43. The third-order valence-electron chi connectivity index (χ3n) is 2.88. The van der Waals surface area contributed by atoms with Gasteiger partial charge in [-0.2, -0.15) is 0 Å². The van der Waals surface area contributed by atoms with Crippen molar-refractivity contribution in [3.63, 3.8) is 0 Å². The molecular weight excluding hydrogens is 351 g/mol. The highest BCUT2D eigenvalue weighted by Crippen LogP contribution is 2.56. The molecule has 0 atom stereocenters. The molecule has 0 saturated heterocycles. The molecule has 2 aromatic carbocycles. The van der Waals surface area contributed by atoms with E-state index in [1.807, 2.05) is 18.2 Å². The molecule has 0 unspecified atom stereocenters. The van der Waals surface area contributed by atoms with Crippen molar-refractivity contribution < 1.29 is 0 Å². The molecule has 0 nitrogen and oxygen atoms in total. The molecule has 0 saturated carbocycles. The number of rotatable bonds is 0. The molecule has 0 radical (unpaired) electrons. The highest BCUT2D eigenvalue weighted by molar-refractivity contribution is 9.25. The summed E-state index contributed by atoms with van der Waals surface area (Å²) in [6.45, 7) is 0. The molecular formula is C13H7Br2Cl. The Morgan fingerprint density at radius 1 is 0.875 bits per heavy atom. The molecule has 2 aromatic rings. The predicted octanol–water partition coefficient (Wildman–Crippen LogP) is 5.31. The number of halogens is 3. The lowest BCUT2D eigenvalue weighted by molar-refractivity contribution is 1.18. The van der Waals surface area contributed by atoms with E-state index in [0.29, 0.717) is 0 Å². The quantitative estimate of drug-likeness (QED) is 0.560. The summed E-state index contributed by atoms with van der Waals surface area (Å²) in [6, 6.07) is 14.3. The second-order valence-electron chi connectivity index (χ2n) is 3.81. The zero-order valence-corrected chi connectivity index (χ0v) is 12.1. The zero-order valence-electron chi connectivity index (χ0n) is 8.18. The van der Waals surface area contributed by atoms with Gasteiger partial charge >= 0.3 is 0 Å². The maximum Gasteiger partial charge on any atom is 0.131 e. The Morgan fingerprint density at radius 2 is 1.56 bits per heavy atom. The van der Waals surface area contributed by atoms with Crippen LogP contribution < -0.4 is 0 Å². The molecule has 80 valence electrons. The van der Waals surface area contributed by atoms with E-state index in [0.717, 1.165) is 5.02 Å². The molecule has 0 aromatic heterocycles. The maximum absolute atomic E-state index is 6.05. The number of hydrogen-bond acceptors (Lipinski definition) is 0. The van der Waals surface area contributed by atoms with Crippen LogP contribution in [0.2, 0.25) is 5.02 Å². The van der Waals surface area contributed by atoms with E-state index in [2.05, 4.69) is 56.1 Å². The molecule has 0 N–H and O–H groups in total. The minimum atomic E-state index is -0.309. The molecule has 3 heteroatoms. The summed E-state index contributed by atoms with van der Waals surface area (Å²) in [4.78, 5) is 0. The molecule has 0 heterocycles. The first-order chi connectivity index (χ1) is 7.60. The van der Waals surface area contributed by atoms with Crippen LogP contribution in [0.4, 0.5) is 0 Å². The Morgan fingerprint density at radius 3 is 2.38 bits per heavy atom. The van der Waals surface area contributed by atoms with Crippen molar-refractivity contribution in [1.29, 1.82) is 0 Å². The largest absolute Gasteiger partial charge is 0.131 e. The first-order valence-corrected chi connectivity index (χ1v) is 6.85. The molecule has 0 bridgehead atoms. The van der Waals surface area contributed by atoms with E-state index in [9.17, 15) is 0 Å². The third-order valence-corrected chi connectivity index (χ3v) is 4.82. The van der Waals surface area contributed by atoms with Gasteiger partial charge in [-0.15, -0.1) is 0 Å². The van der Waals surface area contributed by atoms with Crippen LogP contribution in [0, 0.1) is 0 Å². The Balaban J connectivity index is 2.39. The summed E-state index contributed by atoms with van der Waals surface area (Å²) in [6.07, 6.45) is 0. The normalized spacial score (nSPS) is 15.7. The minimum Gasteiger partial charge on any atom is -0.0843 e. The second kappa shape index (κ2) is 3.59. The first-order valence-electron chi connectivity index (χ1n) is 4.88. The van der Waals surface area contributed by atoms with Crippen LogP contribution in [0.3, 0.4) is 0 Å². The lowest BCUT2D eigenvalue weighted by Crippen LogP contribution is -2.05. The summed E-state index contributed by atoms with van der Waals surface area (Å²) in [7, 11) is 0. The van der Waals surface area contributed by atoms with Gasteiger partial charge in [0.05, 0.1) is 0 Å². The van der Waals surface area contributed by atoms with Crippen molar-refractivity contribution in [3.8, 4) is 11.1 Å². The Hall–Kier alpha value is -0.310. The average molecular weight is 358 g/mol. The van der Waals surface area contributed by atoms with Crippen molar-refractivity contribution in [2.45, 2.75) is 3.23 Å². The average Bonchev–Trinajstić information content (AvgIpc) is 2.49. The van der Waals surface area contributed by atoms with Gasteiger partial charge in [-0.05, 0) is 34.4 Å². The van der Waals surface area contributed by atoms with Gasteiger partial charge < -0.3 is 0 Å². The van der Waals surface area contributed by atoms with E-state index in [1.54, 1.807) is 0 Å². The molecule has 0 fully saturated rings. The lowest BCUT2D eigenvalue weighted by Gasteiger charge is -2.16. The van der Waals surface area contributed by atoms with Gasteiger partial charge in [0.25, 0.3) is 0 Å². The number of fused-ring (bicyclic) bond motifs is 3. The monoisotopic (exact) mass is 356 g/mol. The van der Waals surface area contributed by atoms with Crippen LogP contribution in [0.1, 0.15) is 11.1 Å². The van der Waals surface area contributed by atoms with Crippen LogP contribution >= 0.6 is 43.5 Å². The molecule has 16 heavy (non-hydrogen) atoms. The van der Waals surface area contributed by atoms with Crippen molar-refractivity contribution in [2.75, 3.05) is 0 Å². The fourth-order valence-electron chi connectivity index (χ4n) is 2.15. The summed E-state index contributed by atoms with van der Waals surface area (Å²) in [5.74, 6) is 0. The fourth-order valence-corrected chi connectivity index (χ4v) is 3.67. The van der Waals surface area contributed by atoms with E-state index >= 15 is 0 Å². The second-order valence-corrected chi connectivity index (χ2v) is 7.69. The van der Waals surface area contributed by atoms with Crippen LogP contribution in [0.5, 0.6) is 0 Å². The molecule has 1 aliphatic rings. The number of alkyl halides is 2. The maximum atomic E-state index is 6.05. The van der Waals surface area contributed by atoms with Gasteiger partial charge in [0.1, 0.15) is 3.23 Å². The summed E-state index contributed by atoms with van der Waals surface area (Å²) in [5.41, 5.74) is 4.88. The minimum absolute atomic E-state index is 0.309. The molecule has 0 amide bonds. The van der Waals surface area contributed by atoms with Crippen LogP contribution in [-0.2, 0) is 3.23 Å². The van der Waals surface area contributed by atoms with E-state index in [1.165, 1.54) is 22.3 Å². The van der Waals surface area contributed by atoms with Gasteiger partial charge in [0.2, 0.25) is 0 Å². The van der Waals surface area contributed by atoms with Crippen molar-refractivity contribution in [1.82, 2.24) is 0 Å². The summed E-state index contributed by atoms with van der Waals surface area (Å²) < 4.78 is -0.309. The molecule has 1 aliphatic carbocycles. The van der Waals surface area contributed by atoms with Gasteiger partial charge in [-0.25, -0.2) is 0 Å². The summed E-state index contributed by atoms with van der Waals surface area (Å²) in [5, 5.41) is 0.759. The van der Waals surface area contributed by atoms with Crippen molar-refractivity contribution in [3.05, 3.63) is 58.6 Å². The van der Waals surface area contributed by atoms with E-state index in [4.69, 9.17) is 11.6 Å². The van der Waals surface area contributed by atoms with Gasteiger partial charge in [-0.1, -0.05) is 73.8 Å². The van der Waals surface area contributed by atoms with E-state index in [-0.39, 0.29) is 3.23 Å². The molecule has 0 spiro atoms. The van der Waals surface area contributed by atoms with E-state index < -0.39 is 0 Å². The van der Waals surface area contributed by atoms with Crippen molar-refractivity contribution in [2.24, 2.45) is 0 Å². The van der Waals surface area contributed by atoms with Gasteiger partial charge in [0, 0.05) is 5.02 Å². The van der Waals surface area contributed by atoms with Crippen molar-refractivity contribution >= 4 is 43.5 Å². The van der Waals surface area contributed by atoms with Gasteiger partial charge in [-0.3, -0.25) is 0 Å². The molecule has 3 rings (SSSR count). The zero-order chi connectivity index (χ0) is 11.3. The van der Waals surface area contributed by atoms with Crippen LogP contribution in [0.25, 0.3) is 11.1 Å².